The monoisotopic (exact) mass is 243 g/mol. The fourth-order valence-corrected chi connectivity index (χ4v) is 2.23. The minimum absolute atomic E-state index is 0.00375. The molecule has 0 saturated carbocycles. The van der Waals surface area contributed by atoms with Gasteiger partial charge in [-0.25, -0.2) is 13.2 Å². The SMILES string of the molecule is Fc1ccc(CC(F)C2CCCCN2)c(F)c1. The Morgan fingerprint density at radius 2 is 2.12 bits per heavy atom. The van der Waals surface area contributed by atoms with Gasteiger partial charge in [0.1, 0.15) is 17.8 Å². The van der Waals surface area contributed by atoms with E-state index >= 15 is 0 Å². The highest BCUT2D eigenvalue weighted by Gasteiger charge is 2.23. The minimum atomic E-state index is -1.12. The van der Waals surface area contributed by atoms with E-state index in [1.54, 1.807) is 0 Å². The summed E-state index contributed by atoms with van der Waals surface area (Å²) in [6, 6.07) is 3.09. The second-order valence-electron chi connectivity index (χ2n) is 4.51. The van der Waals surface area contributed by atoms with Crippen LogP contribution in [0.25, 0.3) is 0 Å². The van der Waals surface area contributed by atoms with Gasteiger partial charge in [-0.2, -0.15) is 0 Å². The summed E-state index contributed by atoms with van der Waals surface area (Å²) in [7, 11) is 0. The summed E-state index contributed by atoms with van der Waals surface area (Å²) in [6.07, 6.45) is 1.74. The summed E-state index contributed by atoms with van der Waals surface area (Å²) in [6.45, 7) is 0.816. The Kier molecular flexibility index (Phi) is 4.05. The predicted molar refractivity (Wildman–Crippen MR) is 60.6 cm³/mol. The van der Waals surface area contributed by atoms with E-state index in [0.717, 1.165) is 31.9 Å². The fourth-order valence-electron chi connectivity index (χ4n) is 2.23. The Morgan fingerprint density at radius 1 is 1.29 bits per heavy atom. The lowest BCUT2D eigenvalue weighted by Crippen LogP contribution is -2.42. The molecule has 1 heterocycles. The second kappa shape index (κ2) is 5.54. The van der Waals surface area contributed by atoms with E-state index in [1.165, 1.54) is 12.1 Å². The number of benzene rings is 1. The molecule has 0 radical (unpaired) electrons. The average molecular weight is 243 g/mol. The zero-order chi connectivity index (χ0) is 12.3. The molecule has 0 aromatic heterocycles. The van der Waals surface area contributed by atoms with Crippen molar-refractivity contribution >= 4 is 0 Å². The molecule has 1 aliphatic heterocycles. The van der Waals surface area contributed by atoms with Crippen molar-refractivity contribution < 1.29 is 13.2 Å². The van der Waals surface area contributed by atoms with E-state index in [4.69, 9.17) is 0 Å². The highest BCUT2D eigenvalue weighted by atomic mass is 19.1. The highest BCUT2D eigenvalue weighted by Crippen LogP contribution is 2.19. The molecule has 1 N–H and O–H groups in total. The van der Waals surface area contributed by atoms with Gasteiger partial charge in [-0.3, -0.25) is 0 Å². The van der Waals surface area contributed by atoms with Gasteiger partial charge in [0.2, 0.25) is 0 Å². The summed E-state index contributed by atoms with van der Waals surface area (Å²) < 4.78 is 40.0. The first-order chi connectivity index (χ1) is 8.16. The zero-order valence-corrected chi connectivity index (χ0v) is 9.56. The van der Waals surface area contributed by atoms with Crippen LogP contribution < -0.4 is 5.32 Å². The lowest BCUT2D eigenvalue weighted by atomic mass is 9.96. The Balaban J connectivity index is 1.99. The summed E-state index contributed by atoms with van der Waals surface area (Å²) in [5.74, 6) is -1.29. The number of rotatable bonds is 3. The van der Waals surface area contributed by atoms with E-state index in [0.29, 0.717) is 0 Å². The number of piperidine rings is 1. The Labute approximate surface area is 99.0 Å². The van der Waals surface area contributed by atoms with E-state index in [1.807, 2.05) is 0 Å². The van der Waals surface area contributed by atoms with E-state index < -0.39 is 17.8 Å². The van der Waals surface area contributed by atoms with Crippen molar-refractivity contribution in [2.75, 3.05) is 6.54 Å². The number of alkyl halides is 1. The van der Waals surface area contributed by atoms with Gasteiger partial charge in [-0.1, -0.05) is 12.5 Å². The molecule has 94 valence electrons. The summed E-state index contributed by atoms with van der Waals surface area (Å²) in [4.78, 5) is 0. The molecule has 0 spiro atoms. The molecule has 4 heteroatoms. The van der Waals surface area contributed by atoms with Crippen LogP contribution >= 0.6 is 0 Å². The maximum atomic E-state index is 13.9. The minimum Gasteiger partial charge on any atom is -0.311 e. The molecular weight excluding hydrogens is 227 g/mol. The number of hydrogen-bond acceptors (Lipinski definition) is 1. The summed E-state index contributed by atoms with van der Waals surface area (Å²) in [5, 5.41) is 3.10. The van der Waals surface area contributed by atoms with Crippen LogP contribution in [-0.4, -0.2) is 18.8 Å². The lowest BCUT2D eigenvalue weighted by molar-refractivity contribution is 0.215. The predicted octanol–water partition coefficient (Wildman–Crippen LogP) is 2.99. The molecule has 2 rings (SSSR count). The first-order valence-corrected chi connectivity index (χ1v) is 5.98. The summed E-state index contributed by atoms with van der Waals surface area (Å²) >= 11 is 0. The Bertz CT molecular complexity index is 375. The first-order valence-electron chi connectivity index (χ1n) is 5.98. The molecule has 0 amide bonds. The van der Waals surface area contributed by atoms with Gasteiger partial charge in [0.15, 0.2) is 0 Å². The smallest absolute Gasteiger partial charge is 0.129 e. The van der Waals surface area contributed by atoms with Gasteiger partial charge >= 0.3 is 0 Å². The first kappa shape index (κ1) is 12.4. The Morgan fingerprint density at radius 3 is 2.76 bits per heavy atom. The van der Waals surface area contributed by atoms with E-state index in [9.17, 15) is 13.2 Å². The van der Waals surface area contributed by atoms with Crippen LogP contribution in [0.2, 0.25) is 0 Å². The molecule has 2 unspecified atom stereocenters. The van der Waals surface area contributed by atoms with Crippen LogP contribution in [0.5, 0.6) is 0 Å². The molecule has 1 aromatic carbocycles. The van der Waals surface area contributed by atoms with Crippen LogP contribution in [0, 0.1) is 11.6 Å². The molecule has 17 heavy (non-hydrogen) atoms. The van der Waals surface area contributed by atoms with Crippen molar-refractivity contribution in [1.82, 2.24) is 5.32 Å². The van der Waals surface area contributed by atoms with Gasteiger partial charge in [0, 0.05) is 18.5 Å². The molecule has 1 aliphatic rings. The average Bonchev–Trinajstić information content (AvgIpc) is 2.34. The van der Waals surface area contributed by atoms with Gasteiger partial charge in [-0.05, 0) is 31.0 Å². The quantitative estimate of drug-likeness (QED) is 0.860. The molecule has 1 nitrogen and oxygen atoms in total. The van der Waals surface area contributed by atoms with E-state index in [-0.39, 0.29) is 18.0 Å². The third-order valence-electron chi connectivity index (χ3n) is 3.22. The topological polar surface area (TPSA) is 12.0 Å². The fraction of sp³-hybridized carbons (Fsp3) is 0.538. The second-order valence-corrected chi connectivity index (χ2v) is 4.51. The molecule has 1 fully saturated rings. The van der Waals surface area contributed by atoms with Crippen molar-refractivity contribution in [2.45, 2.75) is 37.9 Å². The third kappa shape index (κ3) is 3.22. The van der Waals surface area contributed by atoms with Crippen molar-refractivity contribution in [1.29, 1.82) is 0 Å². The standard InChI is InChI=1S/C13H16F3N/c14-10-5-4-9(11(15)8-10)7-12(16)13-3-1-2-6-17-13/h4-5,8,12-13,17H,1-3,6-7H2. The normalized spacial score (nSPS) is 22.4. The van der Waals surface area contributed by atoms with Gasteiger partial charge in [-0.15, -0.1) is 0 Å². The third-order valence-corrected chi connectivity index (χ3v) is 3.22. The van der Waals surface area contributed by atoms with Crippen LogP contribution in [0.4, 0.5) is 13.2 Å². The van der Waals surface area contributed by atoms with Crippen LogP contribution in [0.1, 0.15) is 24.8 Å². The molecule has 2 atom stereocenters. The van der Waals surface area contributed by atoms with Crippen molar-refractivity contribution in [3.8, 4) is 0 Å². The Hall–Kier alpha value is -1.03. The molecule has 0 bridgehead atoms. The number of nitrogens with one attached hydrogen (secondary N) is 1. The highest BCUT2D eigenvalue weighted by molar-refractivity contribution is 5.19. The molecule has 1 aromatic rings. The summed E-state index contributed by atoms with van der Waals surface area (Å²) in [5.41, 5.74) is 0.242. The molecule has 1 saturated heterocycles. The molecule has 0 aliphatic carbocycles. The van der Waals surface area contributed by atoms with Crippen molar-refractivity contribution in [3.63, 3.8) is 0 Å². The van der Waals surface area contributed by atoms with Gasteiger partial charge in [0.05, 0.1) is 0 Å². The maximum Gasteiger partial charge on any atom is 0.129 e. The number of hydrogen-bond donors (Lipinski definition) is 1. The molecular formula is C13H16F3N. The van der Waals surface area contributed by atoms with Crippen LogP contribution in [0.3, 0.4) is 0 Å². The number of halogens is 3. The van der Waals surface area contributed by atoms with E-state index in [2.05, 4.69) is 5.32 Å². The van der Waals surface area contributed by atoms with Crippen LogP contribution in [0.15, 0.2) is 18.2 Å². The largest absolute Gasteiger partial charge is 0.311 e. The van der Waals surface area contributed by atoms with Crippen LogP contribution in [-0.2, 0) is 6.42 Å². The zero-order valence-electron chi connectivity index (χ0n) is 9.56. The van der Waals surface area contributed by atoms with Gasteiger partial charge in [0.25, 0.3) is 0 Å². The van der Waals surface area contributed by atoms with Crippen molar-refractivity contribution in [2.24, 2.45) is 0 Å². The lowest BCUT2D eigenvalue weighted by Gasteiger charge is -2.26. The maximum absolute atomic E-state index is 13.9. The van der Waals surface area contributed by atoms with Crippen molar-refractivity contribution in [3.05, 3.63) is 35.4 Å². The van der Waals surface area contributed by atoms with Gasteiger partial charge < -0.3 is 5.32 Å².